The molecule has 0 saturated carbocycles. The first-order valence-electron chi connectivity index (χ1n) is 3.73. The molecular weight excluding hydrogens is 174 g/mol. The van der Waals surface area contributed by atoms with Crippen molar-refractivity contribution in [2.75, 3.05) is 13.2 Å². The van der Waals surface area contributed by atoms with E-state index in [1.165, 1.54) is 6.92 Å². The van der Waals surface area contributed by atoms with Crippen LogP contribution in [0.25, 0.3) is 0 Å². The highest BCUT2D eigenvalue weighted by Gasteiger charge is 2.22. The first-order valence-corrected chi connectivity index (χ1v) is 3.73. The zero-order chi connectivity index (χ0) is 9.84. The molecule has 1 heterocycles. The zero-order valence-corrected chi connectivity index (χ0v) is 7.07. The van der Waals surface area contributed by atoms with Crippen LogP contribution in [0.1, 0.15) is 6.92 Å². The van der Waals surface area contributed by atoms with Crippen LogP contribution in [0, 0.1) is 0 Å². The van der Waals surface area contributed by atoms with Crippen molar-refractivity contribution < 1.29 is 14.7 Å². The van der Waals surface area contributed by atoms with E-state index >= 15 is 0 Å². The van der Waals surface area contributed by atoms with E-state index in [1.54, 1.807) is 0 Å². The molecule has 70 valence electrons. The van der Waals surface area contributed by atoms with E-state index in [0.29, 0.717) is 0 Å². The number of carbonyl (C=O) groups excluding carboxylic acids is 2. The Labute approximate surface area is 74.3 Å². The summed E-state index contributed by atoms with van der Waals surface area (Å²) < 4.78 is 0. The third kappa shape index (κ3) is 1.97. The fraction of sp³-hybridized carbons (Fsp3) is 0.429. The second-order valence-electron chi connectivity index (χ2n) is 2.46. The molecular formula is C7H9N3O3. The Morgan fingerprint density at radius 1 is 1.54 bits per heavy atom. The maximum Gasteiger partial charge on any atom is 0.293 e. The monoisotopic (exact) mass is 183 g/mol. The van der Waals surface area contributed by atoms with Crippen molar-refractivity contribution in [1.29, 1.82) is 0 Å². The van der Waals surface area contributed by atoms with Crippen LogP contribution in [0.4, 0.5) is 0 Å². The Morgan fingerprint density at radius 2 is 2.23 bits per heavy atom. The van der Waals surface area contributed by atoms with Gasteiger partial charge < -0.3 is 10.4 Å². The summed E-state index contributed by atoms with van der Waals surface area (Å²) in [5.41, 5.74) is 0.258. The number of hydrogen-bond acceptors (Lipinski definition) is 4. The zero-order valence-electron chi connectivity index (χ0n) is 7.07. The fourth-order valence-electron chi connectivity index (χ4n) is 0.816. The minimum Gasteiger partial charge on any atom is -0.395 e. The van der Waals surface area contributed by atoms with Gasteiger partial charge in [0.25, 0.3) is 11.8 Å². The van der Waals surface area contributed by atoms with Gasteiger partial charge in [0, 0.05) is 6.54 Å². The molecule has 13 heavy (non-hydrogen) atoms. The van der Waals surface area contributed by atoms with Gasteiger partial charge in [0.05, 0.1) is 12.2 Å². The maximum absolute atomic E-state index is 11.2. The maximum atomic E-state index is 11.2. The number of aliphatic hydroxyl groups is 1. The first-order chi connectivity index (χ1) is 6.16. The lowest BCUT2D eigenvalue weighted by Gasteiger charge is -2.00. The van der Waals surface area contributed by atoms with Crippen LogP contribution in [0.2, 0.25) is 0 Å². The standard InChI is InChI=1S/C7H9N3O3/c1-4-5(9-10-6(4)12)7(13)8-2-3-11/h11H,2-3H2,1H3,(H,8,13). The summed E-state index contributed by atoms with van der Waals surface area (Å²) in [6.07, 6.45) is 0. The van der Waals surface area contributed by atoms with Crippen molar-refractivity contribution in [3.8, 4) is 0 Å². The van der Waals surface area contributed by atoms with Gasteiger partial charge in [-0.25, -0.2) is 0 Å². The molecule has 1 rings (SSSR count). The van der Waals surface area contributed by atoms with E-state index < -0.39 is 11.8 Å². The molecule has 0 spiro atoms. The second-order valence-corrected chi connectivity index (χ2v) is 2.46. The van der Waals surface area contributed by atoms with Gasteiger partial charge in [-0.3, -0.25) is 9.59 Å². The van der Waals surface area contributed by atoms with E-state index in [-0.39, 0.29) is 24.4 Å². The average molecular weight is 183 g/mol. The molecule has 1 aliphatic rings. The number of carbonyl (C=O) groups is 2. The minimum absolute atomic E-state index is 0.0263. The summed E-state index contributed by atoms with van der Waals surface area (Å²) >= 11 is 0. The number of aliphatic hydroxyl groups excluding tert-OH is 1. The van der Waals surface area contributed by atoms with Crippen LogP contribution in [-0.4, -0.2) is 30.1 Å². The molecule has 0 atom stereocenters. The van der Waals surface area contributed by atoms with Crippen molar-refractivity contribution in [1.82, 2.24) is 5.32 Å². The van der Waals surface area contributed by atoms with Crippen molar-refractivity contribution in [3.63, 3.8) is 0 Å². The highest BCUT2D eigenvalue weighted by Crippen LogP contribution is 2.15. The summed E-state index contributed by atoms with van der Waals surface area (Å²) in [6, 6.07) is 0. The van der Waals surface area contributed by atoms with Gasteiger partial charge in [-0.2, -0.15) is 0 Å². The summed E-state index contributed by atoms with van der Waals surface area (Å²) in [5.74, 6) is -0.977. The number of azo groups is 1. The van der Waals surface area contributed by atoms with Gasteiger partial charge in [0.1, 0.15) is 0 Å². The third-order valence-corrected chi connectivity index (χ3v) is 1.53. The molecule has 0 radical (unpaired) electrons. The lowest BCUT2D eigenvalue weighted by atomic mass is 10.2. The molecule has 0 aromatic heterocycles. The number of nitrogens with one attached hydrogen (secondary N) is 1. The van der Waals surface area contributed by atoms with Gasteiger partial charge in [0.2, 0.25) is 0 Å². The predicted octanol–water partition coefficient (Wildman–Crippen LogP) is -0.639. The van der Waals surface area contributed by atoms with Crippen LogP contribution >= 0.6 is 0 Å². The highest BCUT2D eigenvalue weighted by atomic mass is 16.3. The molecule has 0 aromatic carbocycles. The SMILES string of the molecule is CC1=C(C(=O)NCCO)N=NC1=O. The quantitative estimate of drug-likeness (QED) is 0.609. The van der Waals surface area contributed by atoms with Crippen molar-refractivity contribution >= 4 is 11.8 Å². The van der Waals surface area contributed by atoms with Crippen LogP contribution in [0.3, 0.4) is 0 Å². The largest absolute Gasteiger partial charge is 0.395 e. The normalized spacial score (nSPS) is 15.4. The summed E-state index contributed by atoms with van der Waals surface area (Å²) in [4.78, 5) is 22.0. The molecule has 2 N–H and O–H groups in total. The van der Waals surface area contributed by atoms with Crippen molar-refractivity contribution in [2.45, 2.75) is 6.92 Å². The minimum atomic E-state index is -0.492. The molecule has 0 unspecified atom stereocenters. The molecule has 0 saturated heterocycles. The molecule has 6 nitrogen and oxygen atoms in total. The Bertz CT molecular complexity index is 306. The highest BCUT2D eigenvalue weighted by molar-refractivity contribution is 6.06. The number of nitrogens with zero attached hydrogens (tertiary/aromatic N) is 2. The molecule has 0 aromatic rings. The molecule has 2 amide bonds. The Morgan fingerprint density at radius 3 is 2.69 bits per heavy atom. The van der Waals surface area contributed by atoms with E-state index in [4.69, 9.17) is 5.11 Å². The van der Waals surface area contributed by atoms with Crippen LogP contribution in [0.5, 0.6) is 0 Å². The van der Waals surface area contributed by atoms with Gasteiger partial charge in [-0.15, -0.1) is 10.2 Å². The average Bonchev–Trinajstić information content (AvgIpc) is 2.44. The van der Waals surface area contributed by atoms with Crippen LogP contribution in [0.15, 0.2) is 21.5 Å². The molecule has 1 aliphatic heterocycles. The summed E-state index contributed by atoms with van der Waals surface area (Å²) in [5, 5.41) is 17.4. The van der Waals surface area contributed by atoms with E-state index in [2.05, 4.69) is 15.5 Å². The predicted molar refractivity (Wildman–Crippen MR) is 42.7 cm³/mol. The Balaban J connectivity index is 2.67. The van der Waals surface area contributed by atoms with E-state index in [0.717, 1.165) is 0 Å². The van der Waals surface area contributed by atoms with E-state index in [1.807, 2.05) is 0 Å². The number of hydrogen-bond donors (Lipinski definition) is 2. The first kappa shape index (κ1) is 9.53. The smallest absolute Gasteiger partial charge is 0.293 e. The van der Waals surface area contributed by atoms with Gasteiger partial charge in [-0.1, -0.05) is 0 Å². The van der Waals surface area contributed by atoms with Gasteiger partial charge in [0.15, 0.2) is 5.70 Å². The summed E-state index contributed by atoms with van der Waals surface area (Å²) in [7, 11) is 0. The molecule has 6 heteroatoms. The van der Waals surface area contributed by atoms with E-state index in [9.17, 15) is 9.59 Å². The lowest BCUT2D eigenvalue weighted by Crippen LogP contribution is -2.27. The molecule has 0 fully saturated rings. The number of rotatable bonds is 3. The Kier molecular flexibility index (Phi) is 2.86. The van der Waals surface area contributed by atoms with Gasteiger partial charge >= 0.3 is 0 Å². The van der Waals surface area contributed by atoms with Gasteiger partial charge in [-0.05, 0) is 6.92 Å². The Hall–Kier alpha value is -1.56. The molecule has 0 aliphatic carbocycles. The molecule has 0 bridgehead atoms. The third-order valence-electron chi connectivity index (χ3n) is 1.53. The van der Waals surface area contributed by atoms with Crippen LogP contribution in [-0.2, 0) is 9.59 Å². The fourth-order valence-corrected chi connectivity index (χ4v) is 0.816. The number of amides is 2. The summed E-state index contributed by atoms with van der Waals surface area (Å²) in [6.45, 7) is 1.47. The van der Waals surface area contributed by atoms with Crippen molar-refractivity contribution in [3.05, 3.63) is 11.3 Å². The topological polar surface area (TPSA) is 91.1 Å². The second kappa shape index (κ2) is 3.90. The van der Waals surface area contributed by atoms with Crippen LogP contribution < -0.4 is 5.32 Å². The lowest BCUT2D eigenvalue weighted by molar-refractivity contribution is -0.118. The van der Waals surface area contributed by atoms with Crippen molar-refractivity contribution in [2.24, 2.45) is 10.2 Å².